The molecule has 3 rings (SSSR count). The maximum absolute atomic E-state index is 13.2. The average molecular weight is 322 g/mol. The predicted octanol–water partition coefficient (Wildman–Crippen LogP) is 3.67. The van der Waals surface area contributed by atoms with Gasteiger partial charge in [-0.3, -0.25) is 14.9 Å². The molecule has 0 fully saturated rings. The van der Waals surface area contributed by atoms with Crippen LogP contribution in [-0.4, -0.2) is 10.8 Å². The van der Waals surface area contributed by atoms with Crippen molar-refractivity contribution in [3.63, 3.8) is 0 Å². The summed E-state index contributed by atoms with van der Waals surface area (Å²) >= 11 is 0. The number of para-hydroxylation sites is 1. The van der Waals surface area contributed by atoms with E-state index in [2.05, 4.69) is 0 Å². The van der Waals surface area contributed by atoms with Crippen LogP contribution in [0.25, 0.3) is 0 Å². The normalized spacial score (nSPS) is 19.7. The second-order valence-electron chi connectivity index (χ2n) is 5.82. The Balaban J connectivity index is 2.07. The van der Waals surface area contributed by atoms with Gasteiger partial charge in [0.15, 0.2) is 0 Å². The molecule has 122 valence electrons. The van der Waals surface area contributed by atoms with Crippen LogP contribution in [0.4, 0.5) is 5.69 Å². The van der Waals surface area contributed by atoms with E-state index in [1.807, 2.05) is 61.5 Å². The lowest BCUT2D eigenvalue weighted by atomic mass is 9.79. The van der Waals surface area contributed by atoms with E-state index in [9.17, 15) is 14.9 Å². The van der Waals surface area contributed by atoms with Crippen LogP contribution in [0.2, 0.25) is 0 Å². The van der Waals surface area contributed by atoms with Gasteiger partial charge in [0.2, 0.25) is 12.1 Å². The number of nitrogens with zero attached hydrogens (tertiary/aromatic N) is 2. The van der Waals surface area contributed by atoms with Gasteiger partial charge in [0.25, 0.3) is 0 Å². The monoisotopic (exact) mass is 322 g/mol. The van der Waals surface area contributed by atoms with Crippen molar-refractivity contribution >= 4 is 11.6 Å². The number of fused-ring (bicyclic) bond motifs is 1. The van der Waals surface area contributed by atoms with Crippen molar-refractivity contribution in [3.05, 3.63) is 88.1 Å². The molecule has 24 heavy (non-hydrogen) atoms. The van der Waals surface area contributed by atoms with Crippen molar-refractivity contribution in [3.8, 4) is 0 Å². The lowest BCUT2D eigenvalue weighted by Gasteiger charge is -2.23. The molecular formula is C19H18N2O3. The number of hydrogen-bond donors (Lipinski definition) is 0. The first-order valence-corrected chi connectivity index (χ1v) is 7.87. The Bertz CT molecular complexity index is 801. The van der Waals surface area contributed by atoms with Crippen molar-refractivity contribution in [2.24, 2.45) is 0 Å². The fraction of sp³-hybridized carbons (Fsp3) is 0.211. The van der Waals surface area contributed by atoms with E-state index in [1.54, 1.807) is 4.90 Å². The zero-order valence-corrected chi connectivity index (χ0v) is 13.4. The third-order valence-corrected chi connectivity index (χ3v) is 4.52. The van der Waals surface area contributed by atoms with Crippen LogP contribution < -0.4 is 4.90 Å². The summed E-state index contributed by atoms with van der Waals surface area (Å²) in [7, 11) is 0. The molecule has 2 aromatic carbocycles. The smallest absolute Gasteiger partial charge is 0.242 e. The van der Waals surface area contributed by atoms with E-state index in [-0.39, 0.29) is 5.91 Å². The third-order valence-electron chi connectivity index (χ3n) is 4.52. The summed E-state index contributed by atoms with van der Waals surface area (Å²) in [6, 6.07) is 17.3. The number of amides is 1. The molecule has 0 aromatic heterocycles. The molecule has 2 aromatic rings. The van der Waals surface area contributed by atoms with Gasteiger partial charge in [-0.25, -0.2) is 0 Å². The Kier molecular flexibility index (Phi) is 4.16. The van der Waals surface area contributed by atoms with Crippen molar-refractivity contribution in [2.75, 3.05) is 4.90 Å². The summed E-state index contributed by atoms with van der Waals surface area (Å²) in [6.07, 6.45) is 2.78. The Morgan fingerprint density at radius 3 is 2.46 bits per heavy atom. The van der Waals surface area contributed by atoms with Crippen LogP contribution >= 0.6 is 0 Å². The summed E-state index contributed by atoms with van der Waals surface area (Å²) in [4.78, 5) is 25.2. The number of benzene rings is 2. The number of nitro groups is 1. The zero-order chi connectivity index (χ0) is 17.2. The van der Waals surface area contributed by atoms with Gasteiger partial charge in [0.05, 0.1) is 11.5 Å². The summed E-state index contributed by atoms with van der Waals surface area (Å²) in [5.41, 5.74) is 1.69. The Hall–Kier alpha value is -2.95. The lowest BCUT2D eigenvalue weighted by Crippen LogP contribution is -2.38. The second kappa shape index (κ2) is 6.28. The third kappa shape index (κ3) is 2.58. The summed E-state index contributed by atoms with van der Waals surface area (Å²) in [6.45, 7) is 2.33. The van der Waals surface area contributed by atoms with Gasteiger partial charge in [-0.1, -0.05) is 55.5 Å². The molecule has 0 spiro atoms. The zero-order valence-electron chi connectivity index (χ0n) is 13.4. The molecule has 1 amide bonds. The molecule has 5 heteroatoms. The standard InChI is InChI=1S/C19H18N2O3/c1-2-19(12-13-21(23)24)16-10-6-7-11-17(16)20(18(19)22)14-15-8-4-3-5-9-15/h3-13H,2,14H2,1H3/b13-12+. The van der Waals surface area contributed by atoms with Crippen LogP contribution in [0, 0.1) is 10.1 Å². The summed E-state index contributed by atoms with van der Waals surface area (Å²) in [5, 5.41) is 10.8. The highest BCUT2D eigenvalue weighted by atomic mass is 16.6. The first kappa shape index (κ1) is 15.9. The van der Waals surface area contributed by atoms with Gasteiger partial charge < -0.3 is 4.90 Å². The fourth-order valence-electron chi connectivity index (χ4n) is 3.28. The maximum Gasteiger partial charge on any atom is 0.242 e. The molecule has 0 radical (unpaired) electrons. The summed E-state index contributed by atoms with van der Waals surface area (Å²) in [5.74, 6) is -0.117. The van der Waals surface area contributed by atoms with Crippen molar-refractivity contribution in [2.45, 2.75) is 25.3 Å². The number of anilines is 1. The van der Waals surface area contributed by atoms with Gasteiger partial charge in [-0.15, -0.1) is 0 Å². The van der Waals surface area contributed by atoms with E-state index < -0.39 is 10.3 Å². The van der Waals surface area contributed by atoms with Crippen molar-refractivity contribution in [1.29, 1.82) is 0 Å². The Morgan fingerprint density at radius 2 is 1.79 bits per heavy atom. The highest BCUT2D eigenvalue weighted by Gasteiger charge is 2.48. The topological polar surface area (TPSA) is 63.5 Å². The molecule has 1 atom stereocenters. The van der Waals surface area contributed by atoms with Gasteiger partial charge in [-0.05, 0) is 23.6 Å². The molecule has 0 aliphatic carbocycles. The van der Waals surface area contributed by atoms with E-state index in [4.69, 9.17) is 0 Å². The SMILES string of the molecule is CCC1(/C=C/[N+](=O)[O-])C(=O)N(Cc2ccccc2)c2ccccc21. The highest BCUT2D eigenvalue weighted by Crippen LogP contribution is 2.45. The minimum atomic E-state index is -0.974. The molecule has 5 nitrogen and oxygen atoms in total. The quantitative estimate of drug-likeness (QED) is 0.623. The van der Waals surface area contributed by atoms with Crippen LogP contribution in [0.15, 0.2) is 66.9 Å². The highest BCUT2D eigenvalue weighted by molar-refractivity contribution is 6.09. The first-order valence-electron chi connectivity index (χ1n) is 7.87. The number of carbonyl (C=O) groups is 1. The van der Waals surface area contributed by atoms with Gasteiger partial charge in [0.1, 0.15) is 5.41 Å². The molecule has 0 saturated heterocycles. The van der Waals surface area contributed by atoms with Crippen molar-refractivity contribution in [1.82, 2.24) is 0 Å². The molecule has 0 N–H and O–H groups in total. The minimum absolute atomic E-state index is 0.117. The molecule has 1 heterocycles. The summed E-state index contributed by atoms with van der Waals surface area (Å²) < 4.78 is 0. The van der Waals surface area contributed by atoms with Gasteiger partial charge in [0, 0.05) is 11.8 Å². The molecule has 1 aliphatic heterocycles. The van der Waals surface area contributed by atoms with E-state index in [1.165, 1.54) is 6.08 Å². The minimum Gasteiger partial charge on any atom is -0.307 e. The fourth-order valence-corrected chi connectivity index (χ4v) is 3.28. The molecule has 1 unspecified atom stereocenters. The van der Waals surface area contributed by atoms with Gasteiger partial charge >= 0.3 is 0 Å². The molecule has 0 bridgehead atoms. The maximum atomic E-state index is 13.2. The lowest BCUT2D eigenvalue weighted by molar-refractivity contribution is -0.402. The number of rotatable bonds is 5. The first-order chi connectivity index (χ1) is 11.6. The predicted molar refractivity (Wildman–Crippen MR) is 92.2 cm³/mol. The van der Waals surface area contributed by atoms with E-state index in [0.29, 0.717) is 13.0 Å². The average Bonchev–Trinajstić information content (AvgIpc) is 2.83. The van der Waals surface area contributed by atoms with Gasteiger partial charge in [-0.2, -0.15) is 0 Å². The van der Waals surface area contributed by atoms with Crippen LogP contribution in [0.5, 0.6) is 0 Å². The Morgan fingerprint density at radius 1 is 1.12 bits per heavy atom. The second-order valence-corrected chi connectivity index (χ2v) is 5.82. The van der Waals surface area contributed by atoms with E-state index in [0.717, 1.165) is 23.0 Å². The van der Waals surface area contributed by atoms with E-state index >= 15 is 0 Å². The molecular weight excluding hydrogens is 304 g/mol. The van der Waals surface area contributed by atoms with Crippen LogP contribution in [-0.2, 0) is 16.8 Å². The van der Waals surface area contributed by atoms with Crippen LogP contribution in [0.3, 0.4) is 0 Å². The Labute approximate surface area is 140 Å². The largest absolute Gasteiger partial charge is 0.307 e. The molecule has 0 saturated carbocycles. The number of hydrogen-bond acceptors (Lipinski definition) is 3. The molecule has 1 aliphatic rings. The number of carbonyl (C=O) groups excluding carboxylic acids is 1. The van der Waals surface area contributed by atoms with Crippen LogP contribution in [0.1, 0.15) is 24.5 Å². The van der Waals surface area contributed by atoms with Crippen molar-refractivity contribution < 1.29 is 9.72 Å².